The Hall–Kier alpha value is -2.27. The number of hydrogen-bond donors (Lipinski definition) is 1. The standard InChI is InChI=1S/C15H21N3O2.C7H8/c1-10-13-6-11(13)9-18(10)14-7-12(8-15(19)16-14)17-2-4-20-5-3-17;1-7-5-3-2-4-6-7/h7-8,10-11,13H,2-6,9H2,1H3,(H,16,19);2-6H,1H3. The molecule has 2 saturated heterocycles. The van der Waals surface area contributed by atoms with E-state index in [2.05, 4.69) is 46.8 Å². The first-order valence-electron chi connectivity index (χ1n) is 9.97. The van der Waals surface area contributed by atoms with Crippen LogP contribution in [0.2, 0.25) is 0 Å². The number of aryl methyl sites for hydroxylation is 1. The molecule has 3 atom stereocenters. The number of morpholine rings is 1. The van der Waals surface area contributed by atoms with Crippen LogP contribution in [0.1, 0.15) is 18.9 Å². The van der Waals surface area contributed by atoms with Gasteiger partial charge in [-0.3, -0.25) is 4.79 Å². The normalized spacial score (nSPS) is 26.2. The zero-order valence-electron chi connectivity index (χ0n) is 16.2. The molecule has 2 aromatic rings. The molecule has 27 heavy (non-hydrogen) atoms. The molecule has 5 nitrogen and oxygen atoms in total. The highest BCUT2D eigenvalue weighted by atomic mass is 16.5. The number of piperidine rings is 1. The molecule has 3 fully saturated rings. The quantitative estimate of drug-likeness (QED) is 0.886. The molecule has 0 bridgehead atoms. The molecule has 5 rings (SSSR count). The Morgan fingerprint density at radius 2 is 1.85 bits per heavy atom. The van der Waals surface area contributed by atoms with Crippen molar-refractivity contribution in [1.82, 2.24) is 4.98 Å². The lowest BCUT2D eigenvalue weighted by atomic mass is 10.2. The van der Waals surface area contributed by atoms with Crippen LogP contribution in [0.3, 0.4) is 0 Å². The van der Waals surface area contributed by atoms with Crippen LogP contribution < -0.4 is 15.4 Å². The first-order chi connectivity index (χ1) is 13.1. The Kier molecular flexibility index (Phi) is 5.21. The third kappa shape index (κ3) is 4.19. The van der Waals surface area contributed by atoms with Crippen LogP contribution in [-0.4, -0.2) is 43.9 Å². The third-order valence-corrected chi connectivity index (χ3v) is 5.96. The monoisotopic (exact) mass is 367 g/mol. The largest absolute Gasteiger partial charge is 0.378 e. The second-order valence-corrected chi connectivity index (χ2v) is 7.89. The van der Waals surface area contributed by atoms with Crippen molar-refractivity contribution in [3.05, 3.63) is 58.4 Å². The first kappa shape index (κ1) is 18.1. The van der Waals surface area contributed by atoms with Gasteiger partial charge in [-0.05, 0) is 32.1 Å². The maximum atomic E-state index is 12.0. The fourth-order valence-corrected chi connectivity index (χ4v) is 4.25. The fraction of sp³-hybridized carbons (Fsp3) is 0.500. The van der Waals surface area contributed by atoms with E-state index in [9.17, 15) is 4.79 Å². The van der Waals surface area contributed by atoms with Crippen molar-refractivity contribution in [2.45, 2.75) is 26.3 Å². The summed E-state index contributed by atoms with van der Waals surface area (Å²) in [6.07, 6.45) is 1.37. The Labute approximate surface area is 161 Å². The van der Waals surface area contributed by atoms with Crippen LogP contribution in [0.25, 0.3) is 0 Å². The van der Waals surface area contributed by atoms with E-state index in [4.69, 9.17) is 4.74 Å². The Bertz CT molecular complexity index is 814. The van der Waals surface area contributed by atoms with Gasteiger partial charge in [-0.25, -0.2) is 0 Å². The van der Waals surface area contributed by atoms with E-state index in [1.54, 1.807) is 6.07 Å². The van der Waals surface area contributed by atoms with Crippen LogP contribution in [0, 0.1) is 18.8 Å². The minimum Gasteiger partial charge on any atom is -0.378 e. The van der Waals surface area contributed by atoms with Crippen molar-refractivity contribution >= 4 is 11.5 Å². The summed E-state index contributed by atoms with van der Waals surface area (Å²) in [5, 5.41) is 0. The number of pyridine rings is 1. The third-order valence-electron chi connectivity index (χ3n) is 5.96. The number of rotatable bonds is 2. The molecule has 3 heterocycles. The molecule has 0 radical (unpaired) electrons. The summed E-state index contributed by atoms with van der Waals surface area (Å²) >= 11 is 0. The molecular formula is C22H29N3O2. The van der Waals surface area contributed by atoms with Gasteiger partial charge in [-0.2, -0.15) is 0 Å². The van der Waals surface area contributed by atoms with Gasteiger partial charge in [-0.1, -0.05) is 35.9 Å². The number of nitrogens with one attached hydrogen (secondary N) is 1. The van der Waals surface area contributed by atoms with Crippen LogP contribution in [0.4, 0.5) is 11.5 Å². The molecule has 144 valence electrons. The van der Waals surface area contributed by atoms with Crippen LogP contribution in [-0.2, 0) is 4.74 Å². The fourth-order valence-electron chi connectivity index (χ4n) is 4.25. The average Bonchev–Trinajstić information content (AvgIpc) is 3.39. The Morgan fingerprint density at radius 1 is 1.11 bits per heavy atom. The maximum Gasteiger partial charge on any atom is 0.251 e. The summed E-state index contributed by atoms with van der Waals surface area (Å²) in [4.78, 5) is 19.6. The van der Waals surface area contributed by atoms with Crippen LogP contribution >= 0.6 is 0 Å². The molecule has 1 N–H and O–H groups in total. The number of aromatic nitrogens is 1. The molecule has 1 aromatic heterocycles. The summed E-state index contributed by atoms with van der Waals surface area (Å²) in [6, 6.07) is 14.7. The van der Waals surface area contributed by atoms with E-state index in [0.29, 0.717) is 6.04 Å². The highest BCUT2D eigenvalue weighted by Crippen LogP contribution is 2.50. The van der Waals surface area contributed by atoms with E-state index in [1.807, 2.05) is 18.2 Å². The summed E-state index contributed by atoms with van der Waals surface area (Å²) in [5.74, 6) is 2.67. The topological polar surface area (TPSA) is 48.6 Å². The number of benzene rings is 1. The molecule has 1 saturated carbocycles. The van der Waals surface area contributed by atoms with Crippen molar-refractivity contribution in [1.29, 1.82) is 0 Å². The maximum absolute atomic E-state index is 12.0. The highest BCUT2D eigenvalue weighted by Gasteiger charge is 2.50. The second kappa shape index (κ2) is 7.77. The van der Waals surface area contributed by atoms with E-state index >= 15 is 0 Å². The minimum atomic E-state index is -0.00300. The highest BCUT2D eigenvalue weighted by molar-refractivity contribution is 5.56. The number of hydrogen-bond acceptors (Lipinski definition) is 4. The van der Waals surface area contributed by atoms with Gasteiger partial charge in [0.15, 0.2) is 0 Å². The van der Waals surface area contributed by atoms with Gasteiger partial charge in [0, 0.05) is 43.5 Å². The number of nitrogens with zero attached hydrogens (tertiary/aromatic N) is 2. The Balaban J connectivity index is 0.000000218. The lowest BCUT2D eigenvalue weighted by Gasteiger charge is -2.31. The Morgan fingerprint density at radius 3 is 2.44 bits per heavy atom. The number of ether oxygens (including phenoxy) is 1. The summed E-state index contributed by atoms with van der Waals surface area (Å²) in [6.45, 7) is 8.66. The smallest absolute Gasteiger partial charge is 0.251 e. The number of fused-ring (bicyclic) bond motifs is 1. The summed E-state index contributed by atoms with van der Waals surface area (Å²) in [5.41, 5.74) is 2.35. The number of anilines is 2. The summed E-state index contributed by atoms with van der Waals surface area (Å²) < 4.78 is 5.38. The molecule has 2 aliphatic heterocycles. The van der Waals surface area contributed by atoms with E-state index < -0.39 is 0 Å². The molecule has 0 amide bonds. The molecule has 0 spiro atoms. The zero-order valence-corrected chi connectivity index (χ0v) is 16.2. The molecule has 5 heteroatoms. The van der Waals surface area contributed by atoms with E-state index in [-0.39, 0.29) is 5.56 Å². The molecule has 1 aromatic carbocycles. The minimum absolute atomic E-state index is 0.00300. The number of aromatic amines is 1. The van der Waals surface area contributed by atoms with Crippen LogP contribution in [0.5, 0.6) is 0 Å². The first-order valence-corrected chi connectivity index (χ1v) is 9.97. The predicted molar refractivity (Wildman–Crippen MR) is 110 cm³/mol. The molecule has 3 aliphatic rings. The average molecular weight is 367 g/mol. The van der Waals surface area contributed by atoms with Gasteiger partial charge >= 0.3 is 0 Å². The molecule has 1 aliphatic carbocycles. The zero-order chi connectivity index (χ0) is 18.8. The van der Waals surface area contributed by atoms with Crippen molar-refractivity contribution in [2.24, 2.45) is 11.8 Å². The summed E-state index contributed by atoms with van der Waals surface area (Å²) in [7, 11) is 0. The van der Waals surface area contributed by atoms with Crippen molar-refractivity contribution in [2.75, 3.05) is 42.6 Å². The van der Waals surface area contributed by atoms with Gasteiger partial charge in [0.1, 0.15) is 5.82 Å². The van der Waals surface area contributed by atoms with E-state index in [1.165, 1.54) is 12.0 Å². The van der Waals surface area contributed by atoms with Crippen molar-refractivity contribution in [3.8, 4) is 0 Å². The predicted octanol–water partition coefficient (Wildman–Crippen LogP) is 3.05. The SMILES string of the molecule is CC1C2CC2CN1c1cc(N2CCOCC2)cc(=O)[nH]1.Cc1ccccc1. The molecular weight excluding hydrogens is 338 g/mol. The van der Waals surface area contributed by atoms with Crippen molar-refractivity contribution in [3.63, 3.8) is 0 Å². The van der Waals surface area contributed by atoms with Gasteiger partial charge in [0.25, 0.3) is 5.56 Å². The van der Waals surface area contributed by atoms with Gasteiger partial charge < -0.3 is 19.5 Å². The van der Waals surface area contributed by atoms with E-state index in [0.717, 1.165) is 56.2 Å². The lowest BCUT2D eigenvalue weighted by Crippen LogP contribution is -2.37. The van der Waals surface area contributed by atoms with Crippen LogP contribution in [0.15, 0.2) is 47.3 Å². The second-order valence-electron chi connectivity index (χ2n) is 7.89. The molecule has 3 unspecified atom stereocenters. The van der Waals surface area contributed by atoms with Gasteiger partial charge in [0.05, 0.1) is 13.2 Å². The number of H-pyrrole nitrogens is 1. The van der Waals surface area contributed by atoms with Gasteiger partial charge in [-0.15, -0.1) is 0 Å². The van der Waals surface area contributed by atoms with Crippen molar-refractivity contribution < 1.29 is 4.74 Å². The lowest BCUT2D eigenvalue weighted by molar-refractivity contribution is 0.122. The van der Waals surface area contributed by atoms with Gasteiger partial charge in [0.2, 0.25) is 0 Å².